The maximum atomic E-state index is 12.6. The first-order chi connectivity index (χ1) is 12.1. The molecule has 1 heterocycles. The molecular formula is C20H24N2O3. The molecular weight excluding hydrogens is 316 g/mol. The van der Waals surface area contributed by atoms with Crippen LogP contribution in [0.4, 0.5) is 5.69 Å². The van der Waals surface area contributed by atoms with E-state index in [9.17, 15) is 14.4 Å². The zero-order chi connectivity index (χ0) is 17.6. The predicted octanol–water partition coefficient (Wildman–Crippen LogP) is 2.61. The van der Waals surface area contributed by atoms with Gasteiger partial charge in [0, 0.05) is 18.7 Å². The lowest BCUT2D eigenvalue weighted by Gasteiger charge is -2.19. The lowest BCUT2D eigenvalue weighted by Crippen LogP contribution is -2.35. The van der Waals surface area contributed by atoms with Gasteiger partial charge < -0.3 is 5.32 Å². The smallest absolute Gasteiger partial charge is 0.233 e. The van der Waals surface area contributed by atoms with E-state index in [1.165, 1.54) is 4.90 Å². The summed E-state index contributed by atoms with van der Waals surface area (Å²) in [5.74, 6) is 0.350. The number of aryl methyl sites for hydroxylation is 1. The molecule has 5 nitrogen and oxygen atoms in total. The summed E-state index contributed by atoms with van der Waals surface area (Å²) in [6.45, 7) is 2.24. The van der Waals surface area contributed by atoms with Crippen molar-refractivity contribution in [2.24, 2.45) is 23.7 Å². The van der Waals surface area contributed by atoms with Crippen LogP contribution < -0.4 is 5.32 Å². The van der Waals surface area contributed by atoms with Crippen molar-refractivity contribution in [2.45, 2.75) is 39.0 Å². The lowest BCUT2D eigenvalue weighted by atomic mass is 9.81. The molecule has 1 N–H and O–H groups in total. The van der Waals surface area contributed by atoms with Crippen LogP contribution in [0.2, 0.25) is 0 Å². The van der Waals surface area contributed by atoms with Gasteiger partial charge in [0.05, 0.1) is 11.8 Å². The van der Waals surface area contributed by atoms with Crippen LogP contribution >= 0.6 is 0 Å². The van der Waals surface area contributed by atoms with Crippen molar-refractivity contribution in [2.75, 3.05) is 11.9 Å². The van der Waals surface area contributed by atoms with E-state index in [4.69, 9.17) is 0 Å². The van der Waals surface area contributed by atoms with Crippen molar-refractivity contribution in [1.82, 2.24) is 4.90 Å². The largest absolute Gasteiger partial charge is 0.326 e. The molecule has 0 radical (unpaired) electrons. The van der Waals surface area contributed by atoms with Crippen LogP contribution in [0.3, 0.4) is 0 Å². The van der Waals surface area contributed by atoms with Crippen LogP contribution in [0.25, 0.3) is 0 Å². The highest BCUT2D eigenvalue weighted by molar-refractivity contribution is 6.06. The van der Waals surface area contributed by atoms with Crippen molar-refractivity contribution >= 4 is 23.4 Å². The normalized spacial score (nSPS) is 30.0. The SMILES string of the molecule is CCc1ccccc1NC(=O)CCN1C(=O)[C@H]2[C@H]3CC[C@@H](C3)[C@@H]2C1=O. The van der Waals surface area contributed by atoms with Crippen LogP contribution in [-0.2, 0) is 20.8 Å². The second kappa shape index (κ2) is 6.28. The number of imide groups is 1. The molecule has 1 saturated heterocycles. The maximum Gasteiger partial charge on any atom is 0.233 e. The Morgan fingerprint density at radius 2 is 1.76 bits per heavy atom. The van der Waals surface area contributed by atoms with E-state index < -0.39 is 0 Å². The van der Waals surface area contributed by atoms with Gasteiger partial charge in [-0.3, -0.25) is 19.3 Å². The van der Waals surface area contributed by atoms with Crippen molar-refractivity contribution in [3.63, 3.8) is 0 Å². The molecule has 25 heavy (non-hydrogen) atoms. The standard InChI is InChI=1S/C20H24N2O3/c1-2-12-5-3-4-6-15(12)21-16(23)9-10-22-19(24)17-13-7-8-14(11-13)18(17)20(22)25/h3-6,13-14,17-18H,2,7-11H2,1H3,(H,21,23)/t13-,14-,17-,18-/m0/s1. The minimum atomic E-state index is -0.151. The molecule has 2 aliphatic carbocycles. The first kappa shape index (κ1) is 16.3. The second-order valence-electron chi connectivity index (χ2n) is 7.52. The third-order valence-corrected chi connectivity index (χ3v) is 6.25. The molecule has 3 aliphatic rings. The minimum absolute atomic E-state index is 0.0380. The van der Waals surface area contributed by atoms with E-state index in [0.717, 1.165) is 36.9 Å². The van der Waals surface area contributed by atoms with Gasteiger partial charge in [-0.05, 0) is 49.1 Å². The Kier molecular flexibility index (Phi) is 4.10. The first-order valence-electron chi connectivity index (χ1n) is 9.33. The van der Waals surface area contributed by atoms with Crippen LogP contribution in [0, 0.1) is 23.7 Å². The van der Waals surface area contributed by atoms with E-state index in [1.54, 1.807) is 0 Å². The number of nitrogens with zero attached hydrogens (tertiary/aromatic N) is 1. The molecule has 3 amide bonds. The molecule has 0 unspecified atom stereocenters. The number of likely N-dealkylation sites (tertiary alicyclic amines) is 1. The van der Waals surface area contributed by atoms with Gasteiger partial charge in [0.25, 0.3) is 0 Å². The zero-order valence-electron chi connectivity index (χ0n) is 14.5. The topological polar surface area (TPSA) is 66.5 Å². The molecule has 2 saturated carbocycles. The summed E-state index contributed by atoms with van der Waals surface area (Å²) in [6.07, 6.45) is 4.19. The number of nitrogens with one attached hydrogen (secondary N) is 1. The Balaban J connectivity index is 1.38. The number of amides is 3. The van der Waals surface area contributed by atoms with E-state index >= 15 is 0 Å². The fourth-order valence-corrected chi connectivity index (χ4v) is 5.07. The van der Waals surface area contributed by atoms with Gasteiger partial charge in [-0.2, -0.15) is 0 Å². The Hall–Kier alpha value is -2.17. The number of para-hydroxylation sites is 1. The van der Waals surface area contributed by atoms with Gasteiger partial charge in [0.2, 0.25) is 17.7 Å². The number of anilines is 1. The number of fused-ring (bicyclic) bond motifs is 5. The van der Waals surface area contributed by atoms with Gasteiger partial charge in [-0.25, -0.2) is 0 Å². The highest BCUT2D eigenvalue weighted by atomic mass is 16.2. The number of hydrogen-bond acceptors (Lipinski definition) is 3. The third-order valence-electron chi connectivity index (χ3n) is 6.25. The summed E-state index contributed by atoms with van der Waals surface area (Å²) in [7, 11) is 0. The molecule has 3 fully saturated rings. The first-order valence-corrected chi connectivity index (χ1v) is 9.33. The summed E-state index contributed by atoms with van der Waals surface area (Å²) in [5.41, 5.74) is 1.89. The molecule has 0 aromatic heterocycles. The summed E-state index contributed by atoms with van der Waals surface area (Å²) in [6, 6.07) is 7.70. The third kappa shape index (κ3) is 2.66. The van der Waals surface area contributed by atoms with Gasteiger partial charge in [0.15, 0.2) is 0 Å². The molecule has 4 atom stereocenters. The van der Waals surface area contributed by atoms with Gasteiger partial charge in [0.1, 0.15) is 0 Å². The fourth-order valence-electron chi connectivity index (χ4n) is 5.07. The highest BCUT2D eigenvalue weighted by Crippen LogP contribution is 2.56. The molecule has 4 rings (SSSR count). The van der Waals surface area contributed by atoms with Gasteiger partial charge >= 0.3 is 0 Å². The van der Waals surface area contributed by atoms with E-state index in [1.807, 2.05) is 31.2 Å². The number of rotatable bonds is 5. The average Bonchev–Trinajstić information content (AvgIpc) is 3.28. The van der Waals surface area contributed by atoms with Gasteiger partial charge in [-0.1, -0.05) is 25.1 Å². The van der Waals surface area contributed by atoms with Crippen molar-refractivity contribution < 1.29 is 14.4 Å². The monoisotopic (exact) mass is 340 g/mol. The fraction of sp³-hybridized carbons (Fsp3) is 0.550. The molecule has 5 heteroatoms. The van der Waals surface area contributed by atoms with Crippen LogP contribution in [0.15, 0.2) is 24.3 Å². The summed E-state index contributed by atoms with van der Waals surface area (Å²) in [4.78, 5) is 38.9. The summed E-state index contributed by atoms with van der Waals surface area (Å²) in [5, 5.41) is 2.91. The van der Waals surface area contributed by atoms with E-state index in [-0.39, 0.29) is 42.5 Å². The van der Waals surface area contributed by atoms with Crippen LogP contribution in [0.5, 0.6) is 0 Å². The minimum Gasteiger partial charge on any atom is -0.326 e. The Bertz CT molecular complexity index is 701. The van der Waals surface area contributed by atoms with Crippen LogP contribution in [-0.4, -0.2) is 29.2 Å². The Morgan fingerprint density at radius 3 is 2.40 bits per heavy atom. The van der Waals surface area contributed by atoms with E-state index in [0.29, 0.717) is 11.8 Å². The number of hydrogen-bond donors (Lipinski definition) is 1. The zero-order valence-corrected chi connectivity index (χ0v) is 14.5. The average molecular weight is 340 g/mol. The quantitative estimate of drug-likeness (QED) is 0.838. The Labute approximate surface area is 147 Å². The second-order valence-corrected chi connectivity index (χ2v) is 7.52. The summed E-state index contributed by atoms with van der Waals surface area (Å²) >= 11 is 0. The number of benzene rings is 1. The summed E-state index contributed by atoms with van der Waals surface area (Å²) < 4.78 is 0. The van der Waals surface area contributed by atoms with E-state index in [2.05, 4.69) is 5.32 Å². The number of carbonyl (C=O) groups is 3. The molecule has 1 aliphatic heterocycles. The van der Waals surface area contributed by atoms with Crippen molar-refractivity contribution in [3.8, 4) is 0 Å². The molecule has 1 aromatic carbocycles. The number of carbonyl (C=O) groups excluding carboxylic acids is 3. The van der Waals surface area contributed by atoms with Crippen molar-refractivity contribution in [3.05, 3.63) is 29.8 Å². The predicted molar refractivity (Wildman–Crippen MR) is 93.6 cm³/mol. The van der Waals surface area contributed by atoms with Gasteiger partial charge in [-0.15, -0.1) is 0 Å². The van der Waals surface area contributed by atoms with Crippen molar-refractivity contribution in [1.29, 1.82) is 0 Å². The molecule has 0 spiro atoms. The van der Waals surface area contributed by atoms with Crippen LogP contribution in [0.1, 0.15) is 38.2 Å². The Morgan fingerprint density at radius 1 is 1.12 bits per heavy atom. The molecule has 132 valence electrons. The molecule has 1 aromatic rings. The highest BCUT2D eigenvalue weighted by Gasteiger charge is 2.60. The molecule has 2 bridgehead atoms. The maximum absolute atomic E-state index is 12.6. The lowest BCUT2D eigenvalue weighted by molar-refractivity contribution is -0.140.